The number of unbranched alkanes of at least 4 members (excludes halogenated alkanes) is 1. The highest BCUT2D eigenvalue weighted by atomic mass is 16.1. The number of aromatic amines is 1. The van der Waals surface area contributed by atoms with Gasteiger partial charge in [-0.1, -0.05) is 56.5 Å². The Kier molecular flexibility index (Phi) is 6.72. The highest BCUT2D eigenvalue weighted by molar-refractivity contribution is 5.91. The standard InChI is InChI=1S/C17H25N5O/c1-3-5-8-13(4-2)11-17(23)18-15-10-7-6-9-14(15)12-16-19-21-22-20-16/h6-7,9-10,13H,3-5,8,11-12H2,1-2H3,(H,18,23)(H,19,20,21,22). The third-order valence-electron chi connectivity index (χ3n) is 4.05. The minimum Gasteiger partial charge on any atom is -0.326 e. The van der Waals surface area contributed by atoms with Crippen LogP contribution in [-0.4, -0.2) is 26.5 Å². The molecule has 1 aromatic carbocycles. The molecule has 0 fully saturated rings. The molecule has 1 unspecified atom stereocenters. The number of benzene rings is 1. The number of hydrogen-bond donors (Lipinski definition) is 2. The number of rotatable bonds is 9. The Bertz CT molecular complexity index is 597. The molecule has 2 rings (SSSR count). The number of carbonyl (C=O) groups is 1. The van der Waals surface area contributed by atoms with Crippen LogP contribution in [0.3, 0.4) is 0 Å². The van der Waals surface area contributed by atoms with Gasteiger partial charge in [0.15, 0.2) is 5.82 Å². The molecule has 124 valence electrons. The molecule has 0 aliphatic rings. The molecule has 6 nitrogen and oxygen atoms in total. The van der Waals surface area contributed by atoms with E-state index in [-0.39, 0.29) is 5.91 Å². The number of para-hydroxylation sites is 1. The van der Waals surface area contributed by atoms with Crippen LogP contribution < -0.4 is 5.32 Å². The summed E-state index contributed by atoms with van der Waals surface area (Å²) in [4.78, 5) is 12.3. The Morgan fingerprint density at radius 2 is 2.13 bits per heavy atom. The first-order chi connectivity index (χ1) is 11.2. The average molecular weight is 315 g/mol. The molecule has 0 aliphatic carbocycles. The van der Waals surface area contributed by atoms with Crippen molar-refractivity contribution in [3.63, 3.8) is 0 Å². The Morgan fingerprint density at radius 1 is 1.30 bits per heavy atom. The lowest BCUT2D eigenvalue weighted by Crippen LogP contribution is -2.17. The maximum Gasteiger partial charge on any atom is 0.224 e. The Labute approximate surface area is 137 Å². The van der Waals surface area contributed by atoms with Gasteiger partial charge in [0.2, 0.25) is 5.91 Å². The lowest BCUT2D eigenvalue weighted by atomic mass is 9.95. The maximum atomic E-state index is 12.3. The zero-order valence-corrected chi connectivity index (χ0v) is 13.9. The van der Waals surface area contributed by atoms with E-state index >= 15 is 0 Å². The van der Waals surface area contributed by atoms with Crippen molar-refractivity contribution in [2.75, 3.05) is 5.32 Å². The highest BCUT2D eigenvalue weighted by Crippen LogP contribution is 2.21. The number of tetrazole rings is 1. The van der Waals surface area contributed by atoms with Crippen LogP contribution >= 0.6 is 0 Å². The summed E-state index contributed by atoms with van der Waals surface area (Å²) >= 11 is 0. The molecule has 1 atom stereocenters. The van der Waals surface area contributed by atoms with Gasteiger partial charge in [-0.05, 0) is 24.0 Å². The first kappa shape index (κ1) is 17.1. The Balaban J connectivity index is 1.97. The van der Waals surface area contributed by atoms with Gasteiger partial charge in [0.05, 0.1) is 0 Å². The molecule has 6 heteroatoms. The summed E-state index contributed by atoms with van der Waals surface area (Å²) < 4.78 is 0. The van der Waals surface area contributed by atoms with Gasteiger partial charge in [-0.2, -0.15) is 5.21 Å². The second-order valence-corrected chi connectivity index (χ2v) is 5.83. The first-order valence-electron chi connectivity index (χ1n) is 8.33. The molecule has 0 saturated heterocycles. The van der Waals surface area contributed by atoms with E-state index in [1.807, 2.05) is 24.3 Å². The molecular formula is C17H25N5O. The van der Waals surface area contributed by atoms with Crippen LogP contribution in [0.5, 0.6) is 0 Å². The SMILES string of the molecule is CCCCC(CC)CC(=O)Nc1ccccc1Cc1nn[nH]n1. The molecule has 0 aliphatic heterocycles. The third-order valence-corrected chi connectivity index (χ3v) is 4.05. The Hall–Kier alpha value is -2.24. The maximum absolute atomic E-state index is 12.3. The van der Waals surface area contributed by atoms with Crippen molar-refractivity contribution in [2.24, 2.45) is 5.92 Å². The Morgan fingerprint density at radius 3 is 2.83 bits per heavy atom. The highest BCUT2D eigenvalue weighted by Gasteiger charge is 2.14. The van der Waals surface area contributed by atoms with Crippen LogP contribution in [0.4, 0.5) is 5.69 Å². The smallest absolute Gasteiger partial charge is 0.224 e. The molecular weight excluding hydrogens is 290 g/mol. The first-order valence-corrected chi connectivity index (χ1v) is 8.33. The van der Waals surface area contributed by atoms with Gasteiger partial charge in [0, 0.05) is 18.5 Å². The lowest BCUT2D eigenvalue weighted by molar-refractivity contribution is -0.117. The average Bonchev–Trinajstić information content (AvgIpc) is 3.06. The van der Waals surface area contributed by atoms with E-state index in [1.165, 1.54) is 12.8 Å². The summed E-state index contributed by atoms with van der Waals surface area (Å²) in [6, 6.07) is 7.76. The summed E-state index contributed by atoms with van der Waals surface area (Å²) in [7, 11) is 0. The zero-order valence-electron chi connectivity index (χ0n) is 13.9. The largest absolute Gasteiger partial charge is 0.326 e. The van der Waals surface area contributed by atoms with E-state index in [1.54, 1.807) is 0 Å². The molecule has 1 heterocycles. The zero-order chi connectivity index (χ0) is 16.5. The number of hydrogen-bond acceptors (Lipinski definition) is 4. The summed E-state index contributed by atoms with van der Waals surface area (Å²) in [5.41, 5.74) is 1.82. The molecule has 1 amide bonds. The van der Waals surface area contributed by atoms with Crippen molar-refractivity contribution in [3.8, 4) is 0 Å². The molecule has 0 radical (unpaired) electrons. The number of anilines is 1. The van der Waals surface area contributed by atoms with Crippen LogP contribution in [0.1, 0.15) is 57.3 Å². The van der Waals surface area contributed by atoms with E-state index in [4.69, 9.17) is 0 Å². The summed E-state index contributed by atoms with van der Waals surface area (Å²) in [6.07, 6.45) is 5.63. The van der Waals surface area contributed by atoms with Crippen molar-refractivity contribution < 1.29 is 4.79 Å². The van der Waals surface area contributed by atoms with Crippen LogP contribution in [0, 0.1) is 5.92 Å². The summed E-state index contributed by atoms with van der Waals surface area (Å²) in [5, 5.41) is 17.0. The number of carbonyl (C=O) groups excluding carboxylic acids is 1. The topological polar surface area (TPSA) is 83.6 Å². The van der Waals surface area contributed by atoms with E-state index in [0.29, 0.717) is 24.6 Å². The lowest BCUT2D eigenvalue weighted by Gasteiger charge is -2.15. The fourth-order valence-corrected chi connectivity index (χ4v) is 2.63. The van der Waals surface area contributed by atoms with Gasteiger partial charge in [0.25, 0.3) is 0 Å². The number of nitrogens with zero attached hydrogens (tertiary/aromatic N) is 3. The molecule has 0 bridgehead atoms. The predicted molar refractivity (Wildman–Crippen MR) is 90.0 cm³/mol. The van der Waals surface area contributed by atoms with Crippen LogP contribution in [0.2, 0.25) is 0 Å². The van der Waals surface area contributed by atoms with Gasteiger partial charge in [0.1, 0.15) is 0 Å². The normalized spacial score (nSPS) is 12.1. The third kappa shape index (κ3) is 5.47. The monoisotopic (exact) mass is 315 g/mol. The van der Waals surface area contributed by atoms with Gasteiger partial charge in [-0.3, -0.25) is 4.79 Å². The molecule has 0 spiro atoms. The van der Waals surface area contributed by atoms with Gasteiger partial charge in [-0.15, -0.1) is 10.2 Å². The van der Waals surface area contributed by atoms with E-state index in [2.05, 4.69) is 39.8 Å². The molecule has 23 heavy (non-hydrogen) atoms. The number of aromatic nitrogens is 4. The molecule has 2 aromatic rings. The predicted octanol–water partition coefficient (Wildman–Crippen LogP) is 3.34. The van der Waals surface area contributed by atoms with Crippen molar-refractivity contribution in [2.45, 2.75) is 52.4 Å². The minimum atomic E-state index is 0.0773. The fourth-order valence-electron chi connectivity index (χ4n) is 2.63. The van der Waals surface area contributed by atoms with E-state index in [9.17, 15) is 4.79 Å². The number of H-pyrrole nitrogens is 1. The quantitative estimate of drug-likeness (QED) is 0.743. The van der Waals surface area contributed by atoms with Gasteiger partial charge < -0.3 is 5.32 Å². The summed E-state index contributed by atoms with van der Waals surface area (Å²) in [6.45, 7) is 4.33. The van der Waals surface area contributed by atoms with Gasteiger partial charge >= 0.3 is 0 Å². The fraction of sp³-hybridized carbons (Fsp3) is 0.529. The second-order valence-electron chi connectivity index (χ2n) is 5.83. The van der Waals surface area contributed by atoms with Crippen LogP contribution in [0.15, 0.2) is 24.3 Å². The van der Waals surface area contributed by atoms with Crippen LogP contribution in [-0.2, 0) is 11.2 Å². The summed E-state index contributed by atoms with van der Waals surface area (Å²) in [5.74, 6) is 1.15. The molecule has 1 aromatic heterocycles. The second kappa shape index (κ2) is 9.02. The van der Waals surface area contributed by atoms with Crippen molar-refractivity contribution >= 4 is 11.6 Å². The van der Waals surface area contributed by atoms with Crippen molar-refractivity contribution in [1.29, 1.82) is 0 Å². The number of nitrogens with one attached hydrogen (secondary N) is 2. The van der Waals surface area contributed by atoms with Crippen molar-refractivity contribution in [3.05, 3.63) is 35.7 Å². The molecule has 2 N–H and O–H groups in total. The molecule has 0 saturated carbocycles. The van der Waals surface area contributed by atoms with Crippen molar-refractivity contribution in [1.82, 2.24) is 20.6 Å². The van der Waals surface area contributed by atoms with Gasteiger partial charge in [-0.25, -0.2) is 0 Å². The number of amides is 1. The van der Waals surface area contributed by atoms with Crippen LogP contribution in [0.25, 0.3) is 0 Å². The van der Waals surface area contributed by atoms with E-state index < -0.39 is 0 Å². The van der Waals surface area contributed by atoms with E-state index in [0.717, 1.165) is 24.1 Å². The minimum absolute atomic E-state index is 0.0773.